The number of esters is 1. The highest BCUT2D eigenvalue weighted by Crippen LogP contribution is 2.40. The van der Waals surface area contributed by atoms with Crippen LogP contribution in [0.25, 0.3) is 10.8 Å². The summed E-state index contributed by atoms with van der Waals surface area (Å²) < 4.78 is 5.20. The maximum Gasteiger partial charge on any atom is 0.341 e. The summed E-state index contributed by atoms with van der Waals surface area (Å²) in [6.07, 6.45) is 4.05. The van der Waals surface area contributed by atoms with Crippen LogP contribution in [0.2, 0.25) is 0 Å². The SMILES string of the molecule is CCOC(=O)c1c(NC(=O)C(=O)N/N=C/c2cccc3ccccc23)sc2c1CCC(C)C2. The van der Waals surface area contributed by atoms with Crippen LogP contribution < -0.4 is 10.7 Å². The van der Waals surface area contributed by atoms with Crippen LogP contribution in [0.5, 0.6) is 0 Å². The lowest BCUT2D eigenvalue weighted by Gasteiger charge is -2.18. The van der Waals surface area contributed by atoms with Gasteiger partial charge in [-0.1, -0.05) is 49.4 Å². The minimum atomic E-state index is -0.916. The molecule has 3 aromatic rings. The molecular weight excluding hydrogens is 438 g/mol. The van der Waals surface area contributed by atoms with Crippen LogP contribution in [0.1, 0.15) is 46.6 Å². The molecule has 1 aromatic heterocycles. The van der Waals surface area contributed by atoms with E-state index in [1.807, 2.05) is 42.5 Å². The molecule has 1 heterocycles. The first-order valence-corrected chi connectivity index (χ1v) is 11.7. The van der Waals surface area contributed by atoms with E-state index in [0.29, 0.717) is 16.5 Å². The van der Waals surface area contributed by atoms with Crippen molar-refractivity contribution in [1.82, 2.24) is 5.43 Å². The molecule has 4 rings (SSSR count). The number of hydrogen-bond donors (Lipinski definition) is 2. The molecule has 0 bridgehead atoms. The molecule has 2 aromatic carbocycles. The van der Waals surface area contributed by atoms with Crippen molar-refractivity contribution in [3.63, 3.8) is 0 Å². The van der Waals surface area contributed by atoms with E-state index in [2.05, 4.69) is 22.8 Å². The van der Waals surface area contributed by atoms with Gasteiger partial charge in [-0.2, -0.15) is 5.10 Å². The number of nitrogens with one attached hydrogen (secondary N) is 2. The standard InChI is InChI=1S/C25H25N3O4S/c1-3-32-25(31)21-19-12-11-15(2)13-20(19)33-24(21)27-22(29)23(30)28-26-14-17-9-6-8-16-7-4-5-10-18(16)17/h4-10,14-15H,3,11-13H2,1-2H3,(H,27,29)(H,28,30)/b26-14+. The highest BCUT2D eigenvalue weighted by molar-refractivity contribution is 7.17. The summed E-state index contributed by atoms with van der Waals surface area (Å²) in [5.41, 5.74) is 4.37. The van der Waals surface area contributed by atoms with Crippen molar-refractivity contribution >= 4 is 51.1 Å². The lowest BCUT2D eigenvalue weighted by atomic mass is 9.88. The fraction of sp³-hybridized carbons (Fsp3) is 0.280. The van der Waals surface area contributed by atoms with Crippen LogP contribution in [0, 0.1) is 5.92 Å². The average Bonchev–Trinajstić information content (AvgIpc) is 3.16. The van der Waals surface area contributed by atoms with Crippen molar-refractivity contribution in [3.05, 3.63) is 64.0 Å². The minimum absolute atomic E-state index is 0.233. The summed E-state index contributed by atoms with van der Waals surface area (Å²) in [5, 5.41) is 8.92. The summed E-state index contributed by atoms with van der Waals surface area (Å²) >= 11 is 1.34. The topological polar surface area (TPSA) is 96.9 Å². The first kappa shape index (κ1) is 22.7. The third-order valence-corrected chi connectivity index (χ3v) is 6.79. The number of rotatable bonds is 5. The molecule has 0 radical (unpaired) electrons. The molecule has 2 N–H and O–H groups in total. The van der Waals surface area contributed by atoms with Crippen LogP contribution in [0.4, 0.5) is 5.00 Å². The Labute approximate surface area is 195 Å². The molecule has 7 nitrogen and oxygen atoms in total. The zero-order valence-electron chi connectivity index (χ0n) is 18.5. The van der Waals surface area contributed by atoms with E-state index in [-0.39, 0.29) is 6.61 Å². The maximum atomic E-state index is 12.6. The smallest absolute Gasteiger partial charge is 0.341 e. The predicted molar refractivity (Wildman–Crippen MR) is 130 cm³/mol. The molecule has 0 fully saturated rings. The molecule has 33 heavy (non-hydrogen) atoms. The van der Waals surface area contributed by atoms with Gasteiger partial charge in [-0.15, -0.1) is 11.3 Å². The summed E-state index contributed by atoms with van der Waals surface area (Å²) in [4.78, 5) is 38.5. The second-order valence-electron chi connectivity index (χ2n) is 8.00. The van der Waals surface area contributed by atoms with Crippen molar-refractivity contribution in [2.45, 2.75) is 33.1 Å². The largest absolute Gasteiger partial charge is 0.462 e. The number of hydrogen-bond acceptors (Lipinski definition) is 6. The predicted octanol–water partition coefficient (Wildman–Crippen LogP) is 4.29. The zero-order valence-corrected chi connectivity index (χ0v) is 19.3. The first-order valence-electron chi connectivity index (χ1n) is 10.9. The molecule has 1 unspecified atom stereocenters. The number of benzene rings is 2. The fourth-order valence-corrected chi connectivity index (χ4v) is 5.39. The van der Waals surface area contributed by atoms with E-state index in [1.54, 1.807) is 6.92 Å². The van der Waals surface area contributed by atoms with Crippen LogP contribution in [-0.2, 0) is 27.2 Å². The summed E-state index contributed by atoms with van der Waals surface area (Å²) in [7, 11) is 0. The van der Waals surface area contributed by atoms with Gasteiger partial charge in [0.1, 0.15) is 5.00 Å². The third kappa shape index (κ3) is 4.96. The second kappa shape index (κ2) is 9.95. The van der Waals surface area contributed by atoms with Crippen LogP contribution in [0.15, 0.2) is 47.6 Å². The molecule has 8 heteroatoms. The number of nitrogens with zero attached hydrogens (tertiary/aromatic N) is 1. The molecule has 0 spiro atoms. The zero-order chi connectivity index (χ0) is 23.4. The van der Waals surface area contributed by atoms with Gasteiger partial charge in [0.05, 0.1) is 18.4 Å². The minimum Gasteiger partial charge on any atom is -0.462 e. The number of ether oxygens (including phenoxy) is 1. The fourth-order valence-electron chi connectivity index (χ4n) is 3.99. The summed E-state index contributed by atoms with van der Waals surface area (Å²) in [6.45, 7) is 4.13. The number of amides is 2. The van der Waals surface area contributed by atoms with Gasteiger partial charge in [-0.25, -0.2) is 10.2 Å². The van der Waals surface area contributed by atoms with E-state index in [9.17, 15) is 14.4 Å². The van der Waals surface area contributed by atoms with Crippen LogP contribution >= 0.6 is 11.3 Å². The maximum absolute atomic E-state index is 12.6. The molecule has 1 aliphatic carbocycles. The molecule has 170 valence electrons. The number of hydrazone groups is 1. The Hall–Kier alpha value is -3.52. The summed E-state index contributed by atoms with van der Waals surface area (Å²) in [6, 6.07) is 13.6. The Kier molecular flexibility index (Phi) is 6.84. The Balaban J connectivity index is 1.48. The van der Waals surface area contributed by atoms with Crippen molar-refractivity contribution in [3.8, 4) is 0 Å². The van der Waals surface area contributed by atoms with Gasteiger partial charge in [0.15, 0.2) is 0 Å². The molecule has 0 saturated heterocycles. The Morgan fingerprint density at radius 1 is 1.15 bits per heavy atom. The molecule has 1 aliphatic rings. The van der Waals surface area contributed by atoms with Crippen molar-refractivity contribution in [1.29, 1.82) is 0 Å². The Morgan fingerprint density at radius 2 is 1.94 bits per heavy atom. The van der Waals surface area contributed by atoms with Gasteiger partial charge in [0.25, 0.3) is 0 Å². The average molecular weight is 464 g/mol. The quantitative estimate of drug-likeness (QED) is 0.255. The van der Waals surface area contributed by atoms with Gasteiger partial charge >= 0.3 is 17.8 Å². The van der Waals surface area contributed by atoms with E-state index in [4.69, 9.17) is 4.74 Å². The van der Waals surface area contributed by atoms with Crippen LogP contribution in [-0.4, -0.2) is 30.6 Å². The van der Waals surface area contributed by atoms with E-state index >= 15 is 0 Å². The Morgan fingerprint density at radius 3 is 2.76 bits per heavy atom. The van der Waals surface area contributed by atoms with Crippen molar-refractivity contribution in [2.75, 3.05) is 11.9 Å². The highest BCUT2D eigenvalue weighted by Gasteiger charge is 2.30. The number of carbonyl (C=O) groups excluding carboxylic acids is 3. The number of thiophene rings is 1. The van der Waals surface area contributed by atoms with E-state index in [1.165, 1.54) is 17.6 Å². The molecular formula is C25H25N3O4S. The lowest BCUT2D eigenvalue weighted by Crippen LogP contribution is -2.32. The van der Waals surface area contributed by atoms with Gasteiger partial charge < -0.3 is 10.1 Å². The normalized spacial score (nSPS) is 15.3. The molecule has 0 aliphatic heterocycles. The van der Waals surface area contributed by atoms with Gasteiger partial charge in [-0.05, 0) is 48.4 Å². The lowest BCUT2D eigenvalue weighted by molar-refractivity contribution is -0.136. The van der Waals surface area contributed by atoms with Gasteiger partial charge in [0.2, 0.25) is 0 Å². The number of fused-ring (bicyclic) bond motifs is 2. The molecule has 1 atom stereocenters. The second-order valence-corrected chi connectivity index (χ2v) is 9.10. The van der Waals surface area contributed by atoms with E-state index in [0.717, 1.165) is 46.0 Å². The molecule has 0 saturated carbocycles. The van der Waals surface area contributed by atoms with Crippen molar-refractivity contribution in [2.24, 2.45) is 11.0 Å². The number of carbonyl (C=O) groups is 3. The van der Waals surface area contributed by atoms with Crippen LogP contribution in [0.3, 0.4) is 0 Å². The Bertz CT molecular complexity index is 1240. The van der Waals surface area contributed by atoms with E-state index < -0.39 is 17.8 Å². The first-order chi connectivity index (χ1) is 16.0. The number of anilines is 1. The van der Waals surface area contributed by atoms with Gasteiger partial charge in [0, 0.05) is 10.4 Å². The molecule has 2 amide bonds. The highest BCUT2D eigenvalue weighted by atomic mass is 32.1. The summed E-state index contributed by atoms with van der Waals surface area (Å²) in [5.74, 6) is -1.78. The van der Waals surface area contributed by atoms with Gasteiger partial charge in [-0.3, -0.25) is 9.59 Å². The van der Waals surface area contributed by atoms with Crippen molar-refractivity contribution < 1.29 is 19.1 Å². The monoisotopic (exact) mass is 463 g/mol. The third-order valence-electron chi connectivity index (χ3n) is 5.62.